The smallest absolute Gasteiger partial charge is 0.127 e. The van der Waals surface area contributed by atoms with Gasteiger partial charge in [-0.2, -0.15) is 5.10 Å². The van der Waals surface area contributed by atoms with E-state index in [9.17, 15) is 0 Å². The van der Waals surface area contributed by atoms with E-state index in [2.05, 4.69) is 10.2 Å². The number of nitrogens with one attached hydrogen (secondary N) is 1. The first kappa shape index (κ1) is 13.2. The molecule has 2 aromatic carbocycles. The number of nitrogens with two attached hydrogens (primary N) is 1. The van der Waals surface area contributed by atoms with Crippen molar-refractivity contribution in [3.63, 3.8) is 0 Å². The Morgan fingerprint density at radius 3 is 2.43 bits per heavy atom. The highest BCUT2D eigenvalue weighted by Gasteiger charge is 2.13. The molecular weight excluding hydrogens is 262 g/mol. The summed E-state index contributed by atoms with van der Waals surface area (Å²) >= 11 is 0. The minimum absolute atomic E-state index is 0.602. The molecule has 0 atom stereocenters. The first-order valence-electron chi connectivity index (χ1n) is 6.79. The van der Waals surface area contributed by atoms with Crippen molar-refractivity contribution in [1.29, 1.82) is 0 Å². The molecule has 1 heterocycles. The van der Waals surface area contributed by atoms with Crippen LogP contribution in [0.2, 0.25) is 0 Å². The third kappa shape index (κ3) is 2.74. The molecule has 4 heteroatoms. The molecule has 3 rings (SSSR count). The number of benzene rings is 2. The van der Waals surface area contributed by atoms with Crippen LogP contribution in [0.1, 0.15) is 11.3 Å². The van der Waals surface area contributed by atoms with Gasteiger partial charge in [-0.25, -0.2) is 0 Å². The van der Waals surface area contributed by atoms with Crippen molar-refractivity contribution in [2.45, 2.75) is 6.42 Å². The molecule has 0 aliphatic rings. The Balaban J connectivity index is 1.92. The van der Waals surface area contributed by atoms with Gasteiger partial charge in [0.2, 0.25) is 0 Å². The van der Waals surface area contributed by atoms with Crippen molar-refractivity contribution < 1.29 is 4.74 Å². The highest BCUT2D eigenvalue weighted by molar-refractivity contribution is 5.76. The summed E-state index contributed by atoms with van der Waals surface area (Å²) < 4.78 is 5.17. The van der Waals surface area contributed by atoms with Crippen LogP contribution in [0.3, 0.4) is 0 Å². The number of nitrogen functional groups attached to an aromatic ring is 1. The molecule has 3 N–H and O–H groups in total. The summed E-state index contributed by atoms with van der Waals surface area (Å²) in [5.41, 5.74) is 10.2. The Morgan fingerprint density at radius 1 is 1.05 bits per heavy atom. The number of hydrogen-bond acceptors (Lipinski definition) is 3. The molecule has 0 bridgehead atoms. The molecule has 1 aromatic heterocycles. The summed E-state index contributed by atoms with van der Waals surface area (Å²) in [6, 6.07) is 18.1. The van der Waals surface area contributed by atoms with E-state index in [1.165, 1.54) is 5.56 Å². The summed E-state index contributed by atoms with van der Waals surface area (Å²) in [6.45, 7) is 0. The van der Waals surface area contributed by atoms with Crippen LogP contribution in [0.25, 0.3) is 11.1 Å². The summed E-state index contributed by atoms with van der Waals surface area (Å²) in [7, 11) is 1.66. The molecule has 3 aromatic rings. The zero-order chi connectivity index (χ0) is 14.7. The SMILES string of the molecule is COc1ccc(Cc2n[nH]c(N)c2-c2ccccc2)cc1. The predicted octanol–water partition coefficient (Wildman–Crippen LogP) is 3.26. The lowest BCUT2D eigenvalue weighted by Gasteiger charge is -2.05. The average molecular weight is 279 g/mol. The van der Waals surface area contributed by atoms with Gasteiger partial charge in [0.25, 0.3) is 0 Å². The van der Waals surface area contributed by atoms with Gasteiger partial charge in [0.15, 0.2) is 0 Å². The van der Waals surface area contributed by atoms with Gasteiger partial charge in [0.1, 0.15) is 11.6 Å². The van der Waals surface area contributed by atoms with Crippen LogP contribution in [-0.4, -0.2) is 17.3 Å². The Labute approximate surface area is 123 Å². The van der Waals surface area contributed by atoms with Gasteiger partial charge >= 0.3 is 0 Å². The van der Waals surface area contributed by atoms with E-state index in [0.29, 0.717) is 5.82 Å². The molecule has 0 amide bonds. The first-order valence-corrected chi connectivity index (χ1v) is 6.79. The zero-order valence-electron chi connectivity index (χ0n) is 11.8. The predicted molar refractivity (Wildman–Crippen MR) is 84.2 cm³/mol. The summed E-state index contributed by atoms with van der Waals surface area (Å²) in [5.74, 6) is 1.45. The Morgan fingerprint density at radius 2 is 1.76 bits per heavy atom. The lowest BCUT2D eigenvalue weighted by atomic mass is 10.0. The molecule has 4 nitrogen and oxygen atoms in total. The average Bonchev–Trinajstić information content (AvgIpc) is 2.89. The molecule has 0 aliphatic carbocycles. The fraction of sp³-hybridized carbons (Fsp3) is 0.118. The minimum Gasteiger partial charge on any atom is -0.497 e. The second kappa shape index (κ2) is 5.71. The molecule has 0 fully saturated rings. The van der Waals surface area contributed by atoms with E-state index >= 15 is 0 Å². The van der Waals surface area contributed by atoms with Crippen molar-refractivity contribution in [3.05, 3.63) is 65.9 Å². The lowest BCUT2D eigenvalue weighted by Crippen LogP contribution is -1.93. The van der Waals surface area contributed by atoms with Crippen molar-refractivity contribution in [1.82, 2.24) is 10.2 Å². The number of nitrogens with zero attached hydrogens (tertiary/aromatic N) is 1. The highest BCUT2D eigenvalue weighted by atomic mass is 16.5. The summed E-state index contributed by atoms with van der Waals surface area (Å²) in [6.07, 6.45) is 0.724. The monoisotopic (exact) mass is 279 g/mol. The van der Waals surface area contributed by atoms with Gasteiger partial charge < -0.3 is 10.5 Å². The normalized spacial score (nSPS) is 10.5. The van der Waals surface area contributed by atoms with Gasteiger partial charge in [-0.3, -0.25) is 5.10 Å². The molecular formula is C17H17N3O. The topological polar surface area (TPSA) is 63.9 Å². The van der Waals surface area contributed by atoms with Crippen molar-refractivity contribution in [2.24, 2.45) is 0 Å². The maximum Gasteiger partial charge on any atom is 0.127 e. The Bertz CT molecular complexity index is 718. The van der Waals surface area contributed by atoms with E-state index in [-0.39, 0.29) is 0 Å². The van der Waals surface area contributed by atoms with Crippen LogP contribution in [-0.2, 0) is 6.42 Å². The van der Waals surface area contributed by atoms with Gasteiger partial charge in [-0.15, -0.1) is 0 Å². The number of aromatic nitrogens is 2. The van der Waals surface area contributed by atoms with E-state index < -0.39 is 0 Å². The number of ether oxygens (including phenoxy) is 1. The fourth-order valence-corrected chi connectivity index (χ4v) is 2.39. The first-order chi connectivity index (χ1) is 10.3. The van der Waals surface area contributed by atoms with E-state index in [4.69, 9.17) is 10.5 Å². The van der Waals surface area contributed by atoms with Crippen molar-refractivity contribution >= 4 is 5.82 Å². The van der Waals surface area contributed by atoms with E-state index in [1.807, 2.05) is 54.6 Å². The molecule has 0 aliphatic heterocycles. The van der Waals surface area contributed by atoms with E-state index in [0.717, 1.165) is 29.0 Å². The van der Waals surface area contributed by atoms with Crippen LogP contribution in [0.5, 0.6) is 5.75 Å². The quantitative estimate of drug-likeness (QED) is 0.770. The standard InChI is InChI=1S/C17H17N3O/c1-21-14-9-7-12(8-10-14)11-15-16(17(18)20-19-15)13-5-3-2-4-6-13/h2-10H,11H2,1H3,(H3,18,19,20). The lowest BCUT2D eigenvalue weighted by molar-refractivity contribution is 0.414. The van der Waals surface area contributed by atoms with Gasteiger partial charge in [-0.1, -0.05) is 42.5 Å². The molecule has 0 unspecified atom stereocenters. The van der Waals surface area contributed by atoms with E-state index in [1.54, 1.807) is 7.11 Å². The van der Waals surface area contributed by atoms with Gasteiger partial charge in [0.05, 0.1) is 12.8 Å². The minimum atomic E-state index is 0.602. The number of anilines is 1. The Hall–Kier alpha value is -2.75. The van der Waals surface area contributed by atoms with Gasteiger partial charge in [-0.05, 0) is 23.3 Å². The zero-order valence-corrected chi connectivity index (χ0v) is 11.8. The van der Waals surface area contributed by atoms with Gasteiger partial charge in [0, 0.05) is 12.0 Å². The second-order valence-corrected chi connectivity index (χ2v) is 4.85. The molecule has 106 valence electrons. The summed E-state index contributed by atoms with van der Waals surface area (Å²) in [4.78, 5) is 0. The summed E-state index contributed by atoms with van der Waals surface area (Å²) in [5, 5.41) is 7.23. The maximum atomic E-state index is 6.03. The Kier molecular flexibility index (Phi) is 3.60. The third-order valence-electron chi connectivity index (χ3n) is 3.46. The van der Waals surface area contributed by atoms with Crippen molar-refractivity contribution in [3.8, 4) is 16.9 Å². The third-order valence-corrected chi connectivity index (χ3v) is 3.46. The molecule has 0 saturated carbocycles. The number of hydrogen-bond donors (Lipinski definition) is 2. The van der Waals surface area contributed by atoms with Crippen LogP contribution < -0.4 is 10.5 Å². The van der Waals surface area contributed by atoms with Crippen LogP contribution >= 0.6 is 0 Å². The maximum absolute atomic E-state index is 6.03. The van der Waals surface area contributed by atoms with Crippen LogP contribution in [0.15, 0.2) is 54.6 Å². The number of H-pyrrole nitrogens is 1. The highest BCUT2D eigenvalue weighted by Crippen LogP contribution is 2.29. The number of methoxy groups -OCH3 is 1. The molecule has 0 spiro atoms. The molecule has 0 radical (unpaired) electrons. The molecule has 0 saturated heterocycles. The molecule has 21 heavy (non-hydrogen) atoms. The van der Waals surface area contributed by atoms with Crippen LogP contribution in [0.4, 0.5) is 5.82 Å². The fourth-order valence-electron chi connectivity index (χ4n) is 2.39. The van der Waals surface area contributed by atoms with Crippen LogP contribution in [0, 0.1) is 0 Å². The second-order valence-electron chi connectivity index (χ2n) is 4.85. The van der Waals surface area contributed by atoms with Crippen molar-refractivity contribution in [2.75, 3.05) is 12.8 Å². The number of rotatable bonds is 4. The largest absolute Gasteiger partial charge is 0.497 e. The number of aromatic amines is 1.